The molecule has 5 heteroatoms. The Morgan fingerprint density at radius 3 is 2.71 bits per heavy atom. The first-order valence-corrected chi connectivity index (χ1v) is 5.80. The molecule has 1 amide bonds. The lowest BCUT2D eigenvalue weighted by Crippen LogP contribution is -2.38. The van der Waals surface area contributed by atoms with Crippen molar-refractivity contribution in [2.75, 3.05) is 26.0 Å². The third-order valence-corrected chi connectivity index (χ3v) is 3.59. The first kappa shape index (κ1) is 9.98. The molecule has 0 spiro atoms. The summed E-state index contributed by atoms with van der Waals surface area (Å²) in [4.78, 5) is 17.1. The minimum absolute atomic E-state index is 0.00105. The summed E-state index contributed by atoms with van der Waals surface area (Å²) in [6.45, 7) is 1.91. The molecule has 0 atom stereocenters. The molecule has 0 saturated carbocycles. The van der Waals surface area contributed by atoms with Crippen LogP contribution in [0.3, 0.4) is 0 Å². The van der Waals surface area contributed by atoms with Crippen LogP contribution in [0.4, 0.5) is 0 Å². The Morgan fingerprint density at radius 1 is 1.50 bits per heavy atom. The average molecular weight is 214 g/mol. The van der Waals surface area contributed by atoms with Crippen molar-refractivity contribution in [1.29, 1.82) is 0 Å². The SMILES string of the molecule is COC1CCN(C2=NC(=O)CS2)CC1. The van der Waals surface area contributed by atoms with Crippen molar-refractivity contribution in [3.05, 3.63) is 0 Å². The lowest BCUT2D eigenvalue weighted by molar-refractivity contribution is -0.115. The molecule has 0 aromatic carbocycles. The van der Waals surface area contributed by atoms with Crippen LogP contribution in [0.25, 0.3) is 0 Å². The largest absolute Gasteiger partial charge is 0.381 e. The van der Waals surface area contributed by atoms with E-state index in [1.165, 1.54) is 0 Å². The van der Waals surface area contributed by atoms with Crippen LogP contribution in [0.15, 0.2) is 4.99 Å². The zero-order valence-corrected chi connectivity index (χ0v) is 9.05. The van der Waals surface area contributed by atoms with E-state index in [0.29, 0.717) is 11.9 Å². The molecule has 1 fully saturated rings. The third-order valence-electron chi connectivity index (χ3n) is 2.59. The van der Waals surface area contributed by atoms with E-state index in [2.05, 4.69) is 9.89 Å². The molecule has 0 aromatic rings. The summed E-state index contributed by atoms with van der Waals surface area (Å²) in [5, 5.41) is 0.907. The van der Waals surface area contributed by atoms with Gasteiger partial charge < -0.3 is 9.64 Å². The molecule has 2 heterocycles. The quantitative estimate of drug-likeness (QED) is 0.645. The van der Waals surface area contributed by atoms with Crippen molar-refractivity contribution in [2.45, 2.75) is 18.9 Å². The van der Waals surface area contributed by atoms with E-state index < -0.39 is 0 Å². The second kappa shape index (κ2) is 4.31. The monoisotopic (exact) mass is 214 g/mol. The van der Waals surface area contributed by atoms with Gasteiger partial charge in [-0.2, -0.15) is 4.99 Å². The fourth-order valence-electron chi connectivity index (χ4n) is 1.74. The molecule has 2 aliphatic rings. The fraction of sp³-hybridized carbons (Fsp3) is 0.778. The molecule has 0 aliphatic carbocycles. The van der Waals surface area contributed by atoms with E-state index >= 15 is 0 Å². The van der Waals surface area contributed by atoms with Gasteiger partial charge in [0, 0.05) is 20.2 Å². The number of thioether (sulfide) groups is 1. The van der Waals surface area contributed by atoms with Gasteiger partial charge in [0.15, 0.2) is 5.17 Å². The Balaban J connectivity index is 1.89. The number of amides is 1. The van der Waals surface area contributed by atoms with Crippen LogP contribution in [0.5, 0.6) is 0 Å². The first-order valence-electron chi connectivity index (χ1n) is 4.81. The molecule has 78 valence electrons. The van der Waals surface area contributed by atoms with Crippen molar-refractivity contribution in [3.8, 4) is 0 Å². The predicted octanol–water partition coefficient (Wildman–Crippen LogP) is 0.727. The smallest absolute Gasteiger partial charge is 0.258 e. The number of amidine groups is 1. The van der Waals surface area contributed by atoms with Crippen LogP contribution in [-0.2, 0) is 9.53 Å². The molecule has 0 radical (unpaired) electrons. The Labute approximate surface area is 87.7 Å². The van der Waals surface area contributed by atoms with Crippen molar-refractivity contribution >= 4 is 22.8 Å². The Kier molecular flexibility index (Phi) is 3.08. The van der Waals surface area contributed by atoms with E-state index in [-0.39, 0.29) is 5.91 Å². The van der Waals surface area contributed by atoms with Gasteiger partial charge in [0.25, 0.3) is 5.91 Å². The van der Waals surface area contributed by atoms with Gasteiger partial charge in [-0.05, 0) is 12.8 Å². The molecule has 4 nitrogen and oxygen atoms in total. The molecule has 0 aromatic heterocycles. The van der Waals surface area contributed by atoms with E-state index in [4.69, 9.17) is 4.74 Å². The number of nitrogens with zero attached hydrogens (tertiary/aromatic N) is 2. The fourth-order valence-corrected chi connectivity index (χ4v) is 2.59. The molecule has 0 unspecified atom stereocenters. The minimum Gasteiger partial charge on any atom is -0.381 e. The van der Waals surface area contributed by atoms with Crippen molar-refractivity contribution in [3.63, 3.8) is 0 Å². The summed E-state index contributed by atoms with van der Waals surface area (Å²) in [6.07, 6.45) is 2.45. The van der Waals surface area contributed by atoms with Gasteiger partial charge in [-0.1, -0.05) is 11.8 Å². The molecule has 1 saturated heterocycles. The van der Waals surface area contributed by atoms with Gasteiger partial charge in [0.1, 0.15) is 0 Å². The maximum absolute atomic E-state index is 11.0. The van der Waals surface area contributed by atoms with Crippen LogP contribution in [0.2, 0.25) is 0 Å². The summed E-state index contributed by atoms with van der Waals surface area (Å²) < 4.78 is 5.28. The molecule has 0 N–H and O–H groups in total. The summed E-state index contributed by atoms with van der Waals surface area (Å²) in [5.41, 5.74) is 0. The Morgan fingerprint density at radius 2 is 2.21 bits per heavy atom. The second-order valence-corrected chi connectivity index (χ2v) is 4.44. The lowest BCUT2D eigenvalue weighted by atomic mass is 10.1. The highest BCUT2D eigenvalue weighted by atomic mass is 32.2. The molecule has 0 bridgehead atoms. The highest BCUT2D eigenvalue weighted by Crippen LogP contribution is 2.21. The van der Waals surface area contributed by atoms with Crippen molar-refractivity contribution in [2.24, 2.45) is 4.99 Å². The van der Waals surface area contributed by atoms with Crippen LogP contribution in [0, 0.1) is 0 Å². The van der Waals surface area contributed by atoms with Gasteiger partial charge in [-0.3, -0.25) is 4.79 Å². The number of rotatable bonds is 1. The van der Waals surface area contributed by atoms with Gasteiger partial charge >= 0.3 is 0 Å². The number of hydrogen-bond acceptors (Lipinski definition) is 4. The standard InChI is InChI=1S/C9H14N2O2S/c1-13-7-2-4-11(5-3-7)9-10-8(12)6-14-9/h7H,2-6H2,1H3. The number of carbonyl (C=O) groups is 1. The summed E-state index contributed by atoms with van der Waals surface area (Å²) in [5.74, 6) is 0.512. The van der Waals surface area contributed by atoms with E-state index in [0.717, 1.165) is 31.1 Å². The molecule has 2 aliphatic heterocycles. The van der Waals surface area contributed by atoms with Crippen molar-refractivity contribution in [1.82, 2.24) is 4.90 Å². The number of aliphatic imine (C=N–C) groups is 1. The number of likely N-dealkylation sites (tertiary alicyclic amines) is 1. The Bertz CT molecular complexity index is 260. The van der Waals surface area contributed by atoms with E-state index in [9.17, 15) is 4.79 Å². The normalized spacial score (nSPS) is 24.2. The topological polar surface area (TPSA) is 41.9 Å². The molecule has 2 rings (SSSR count). The van der Waals surface area contributed by atoms with E-state index in [1.54, 1.807) is 18.9 Å². The van der Waals surface area contributed by atoms with Gasteiger partial charge in [-0.25, -0.2) is 0 Å². The maximum Gasteiger partial charge on any atom is 0.258 e. The highest BCUT2D eigenvalue weighted by Gasteiger charge is 2.25. The lowest BCUT2D eigenvalue weighted by Gasteiger charge is -2.31. The molecular weight excluding hydrogens is 200 g/mol. The number of methoxy groups -OCH3 is 1. The van der Waals surface area contributed by atoms with Gasteiger partial charge in [0.05, 0.1) is 11.9 Å². The zero-order valence-electron chi connectivity index (χ0n) is 8.23. The van der Waals surface area contributed by atoms with Crippen LogP contribution < -0.4 is 0 Å². The van der Waals surface area contributed by atoms with Crippen LogP contribution in [0.1, 0.15) is 12.8 Å². The Hall–Kier alpha value is -0.550. The first-order chi connectivity index (χ1) is 6.79. The summed E-state index contributed by atoms with van der Waals surface area (Å²) in [7, 11) is 1.76. The minimum atomic E-state index is -0.00105. The van der Waals surface area contributed by atoms with Crippen molar-refractivity contribution < 1.29 is 9.53 Å². The number of piperidine rings is 1. The van der Waals surface area contributed by atoms with Crippen LogP contribution in [-0.4, -0.2) is 48.0 Å². The van der Waals surface area contributed by atoms with E-state index in [1.807, 2.05) is 0 Å². The van der Waals surface area contributed by atoms with Gasteiger partial charge in [-0.15, -0.1) is 0 Å². The summed E-state index contributed by atoms with van der Waals surface area (Å²) >= 11 is 1.55. The molecule has 14 heavy (non-hydrogen) atoms. The highest BCUT2D eigenvalue weighted by molar-refractivity contribution is 8.14. The molecular formula is C9H14N2O2S. The number of hydrogen-bond donors (Lipinski definition) is 0. The summed E-state index contributed by atoms with van der Waals surface area (Å²) in [6, 6.07) is 0. The number of carbonyl (C=O) groups excluding carboxylic acids is 1. The third kappa shape index (κ3) is 2.09. The van der Waals surface area contributed by atoms with Crippen LogP contribution >= 0.6 is 11.8 Å². The predicted molar refractivity (Wildman–Crippen MR) is 56.5 cm³/mol. The number of ether oxygens (including phenoxy) is 1. The zero-order chi connectivity index (χ0) is 9.97. The van der Waals surface area contributed by atoms with Gasteiger partial charge in [0.2, 0.25) is 0 Å². The second-order valence-electron chi connectivity index (χ2n) is 3.50. The average Bonchev–Trinajstić information content (AvgIpc) is 2.65. The maximum atomic E-state index is 11.0.